The van der Waals surface area contributed by atoms with E-state index in [1.807, 2.05) is 24.3 Å². The molecule has 0 N–H and O–H groups in total. The molecule has 6 rings (SSSR count). The van der Waals surface area contributed by atoms with Gasteiger partial charge in [0.05, 0.1) is 5.69 Å². The van der Waals surface area contributed by atoms with Crippen LogP contribution in [0.4, 0.5) is 5.69 Å². The summed E-state index contributed by atoms with van der Waals surface area (Å²) in [6, 6.07) is 25.0. The Balaban J connectivity index is 1.17. The monoisotopic (exact) mass is 481 g/mol. The van der Waals surface area contributed by atoms with Crippen LogP contribution in [0.15, 0.2) is 82.0 Å². The molecule has 1 saturated carbocycles. The van der Waals surface area contributed by atoms with Gasteiger partial charge in [0.25, 0.3) is 0 Å². The minimum absolute atomic E-state index is 0.0731. The standard InChI is InChI=1S/C30H31N3O3/c34-29(24-11-4-5-12-24)33-27-15-7-14-26(28(27)36-30(33)35)32-18-16-31(17-19-32)21-22-8-6-13-25(20-22)23-9-2-1-3-10-23/h1-3,6-10,13-15,20,24H,4-5,11-12,16-19,21H2. The Morgan fingerprint density at radius 1 is 0.833 bits per heavy atom. The Bertz CT molecular complexity index is 1420. The number of nitrogens with zero attached hydrogens (tertiary/aromatic N) is 3. The lowest BCUT2D eigenvalue weighted by atomic mass is 10.0. The number of hydrogen-bond donors (Lipinski definition) is 0. The number of oxazole rings is 1. The molecule has 6 heteroatoms. The molecule has 2 fully saturated rings. The van der Waals surface area contributed by atoms with Crippen LogP contribution >= 0.6 is 0 Å². The van der Waals surface area contributed by atoms with E-state index < -0.39 is 5.76 Å². The zero-order valence-electron chi connectivity index (χ0n) is 20.4. The van der Waals surface area contributed by atoms with Gasteiger partial charge in [0, 0.05) is 38.6 Å². The van der Waals surface area contributed by atoms with Crippen LogP contribution in [0.25, 0.3) is 22.2 Å². The second-order valence-electron chi connectivity index (χ2n) is 9.98. The highest BCUT2D eigenvalue weighted by molar-refractivity contribution is 5.95. The number of benzene rings is 3. The van der Waals surface area contributed by atoms with E-state index in [0.717, 1.165) is 64.1 Å². The van der Waals surface area contributed by atoms with Crippen molar-refractivity contribution < 1.29 is 9.21 Å². The number of anilines is 1. The molecule has 0 bridgehead atoms. The molecular weight excluding hydrogens is 450 g/mol. The van der Waals surface area contributed by atoms with Gasteiger partial charge in [-0.2, -0.15) is 0 Å². The van der Waals surface area contributed by atoms with Crippen molar-refractivity contribution in [3.8, 4) is 11.1 Å². The Labute approximate surface area is 210 Å². The van der Waals surface area contributed by atoms with E-state index in [-0.39, 0.29) is 11.8 Å². The van der Waals surface area contributed by atoms with E-state index in [1.54, 1.807) is 0 Å². The van der Waals surface area contributed by atoms with Crippen LogP contribution in [-0.2, 0) is 6.54 Å². The maximum Gasteiger partial charge on any atom is 0.426 e. The van der Waals surface area contributed by atoms with Crippen molar-refractivity contribution in [3.63, 3.8) is 0 Å². The van der Waals surface area contributed by atoms with Crippen molar-refractivity contribution in [2.75, 3.05) is 31.1 Å². The van der Waals surface area contributed by atoms with Gasteiger partial charge in [-0.25, -0.2) is 9.36 Å². The Morgan fingerprint density at radius 2 is 1.56 bits per heavy atom. The summed E-state index contributed by atoms with van der Waals surface area (Å²) < 4.78 is 6.94. The van der Waals surface area contributed by atoms with Crippen molar-refractivity contribution in [2.45, 2.75) is 32.2 Å². The smallest absolute Gasteiger partial charge is 0.405 e. The highest BCUT2D eigenvalue weighted by Crippen LogP contribution is 2.31. The molecule has 0 atom stereocenters. The van der Waals surface area contributed by atoms with Gasteiger partial charge in [-0.15, -0.1) is 0 Å². The number of rotatable bonds is 5. The summed E-state index contributed by atoms with van der Waals surface area (Å²) in [5, 5.41) is 0. The fourth-order valence-electron chi connectivity index (χ4n) is 5.72. The van der Waals surface area contributed by atoms with Gasteiger partial charge in [-0.05, 0) is 47.7 Å². The topological polar surface area (TPSA) is 58.7 Å². The van der Waals surface area contributed by atoms with Gasteiger partial charge in [-0.1, -0.05) is 67.4 Å². The maximum atomic E-state index is 13.0. The van der Waals surface area contributed by atoms with Crippen LogP contribution in [0.1, 0.15) is 36.0 Å². The first-order valence-corrected chi connectivity index (χ1v) is 13.0. The average molecular weight is 482 g/mol. The summed E-state index contributed by atoms with van der Waals surface area (Å²) in [5.41, 5.74) is 5.79. The van der Waals surface area contributed by atoms with E-state index in [9.17, 15) is 9.59 Å². The lowest BCUT2D eigenvalue weighted by Crippen LogP contribution is -2.46. The van der Waals surface area contributed by atoms with E-state index in [4.69, 9.17) is 4.42 Å². The minimum atomic E-state index is -0.564. The Hall–Kier alpha value is -3.64. The molecule has 6 nitrogen and oxygen atoms in total. The molecule has 2 heterocycles. The second kappa shape index (κ2) is 9.78. The van der Waals surface area contributed by atoms with Gasteiger partial charge < -0.3 is 9.32 Å². The fourth-order valence-corrected chi connectivity index (χ4v) is 5.72. The predicted octanol–water partition coefficient (Wildman–Crippen LogP) is 5.41. The van der Waals surface area contributed by atoms with Gasteiger partial charge >= 0.3 is 5.76 Å². The van der Waals surface area contributed by atoms with Crippen LogP contribution in [0.2, 0.25) is 0 Å². The number of para-hydroxylation sites is 1. The maximum absolute atomic E-state index is 13.0. The SMILES string of the molecule is O=C(C1CCCC1)n1c(=O)oc2c(N3CCN(Cc4cccc(-c5ccccc5)c4)CC3)cccc21. The summed E-state index contributed by atoms with van der Waals surface area (Å²) >= 11 is 0. The highest BCUT2D eigenvalue weighted by Gasteiger charge is 2.29. The molecule has 36 heavy (non-hydrogen) atoms. The zero-order chi connectivity index (χ0) is 24.5. The van der Waals surface area contributed by atoms with E-state index in [1.165, 1.54) is 21.3 Å². The fraction of sp³-hybridized carbons (Fsp3) is 0.333. The van der Waals surface area contributed by atoms with Gasteiger partial charge in [0.15, 0.2) is 5.58 Å². The first kappa shape index (κ1) is 22.8. The lowest BCUT2D eigenvalue weighted by Gasteiger charge is -2.36. The molecule has 184 valence electrons. The second-order valence-corrected chi connectivity index (χ2v) is 9.98. The third-order valence-electron chi connectivity index (χ3n) is 7.66. The molecule has 1 aliphatic heterocycles. The summed E-state index contributed by atoms with van der Waals surface area (Å²) in [5.74, 6) is -0.752. The summed E-state index contributed by atoms with van der Waals surface area (Å²) in [6.45, 7) is 4.40. The van der Waals surface area contributed by atoms with Crippen molar-refractivity contribution in [1.29, 1.82) is 0 Å². The number of fused-ring (bicyclic) bond motifs is 1. The minimum Gasteiger partial charge on any atom is -0.405 e. The molecule has 2 aliphatic rings. The van der Waals surface area contributed by atoms with Crippen LogP contribution < -0.4 is 10.7 Å². The number of hydrogen-bond acceptors (Lipinski definition) is 5. The molecule has 0 amide bonds. The molecule has 0 spiro atoms. The molecule has 0 radical (unpaired) electrons. The number of aromatic nitrogens is 1. The van der Waals surface area contributed by atoms with Crippen molar-refractivity contribution >= 4 is 22.7 Å². The quantitative estimate of drug-likeness (QED) is 0.381. The summed E-state index contributed by atoms with van der Waals surface area (Å²) in [4.78, 5) is 30.5. The molecule has 4 aromatic rings. The highest BCUT2D eigenvalue weighted by atomic mass is 16.4. The molecule has 1 saturated heterocycles. The number of piperazine rings is 1. The van der Waals surface area contributed by atoms with E-state index in [0.29, 0.717) is 11.1 Å². The molecular formula is C30H31N3O3. The first-order valence-electron chi connectivity index (χ1n) is 13.0. The van der Waals surface area contributed by atoms with Gasteiger partial charge in [-0.3, -0.25) is 9.69 Å². The number of carbonyl (C=O) groups excluding carboxylic acids is 1. The third-order valence-corrected chi connectivity index (χ3v) is 7.66. The average Bonchev–Trinajstić information content (AvgIpc) is 3.57. The normalized spacial score (nSPS) is 17.2. The summed E-state index contributed by atoms with van der Waals surface area (Å²) in [7, 11) is 0. The third kappa shape index (κ3) is 4.37. The van der Waals surface area contributed by atoms with Crippen LogP contribution in [0, 0.1) is 5.92 Å². The number of carbonyl (C=O) groups is 1. The van der Waals surface area contributed by atoms with Gasteiger partial charge in [0.2, 0.25) is 5.91 Å². The molecule has 3 aromatic carbocycles. The molecule has 1 aromatic heterocycles. The zero-order valence-corrected chi connectivity index (χ0v) is 20.4. The van der Waals surface area contributed by atoms with Gasteiger partial charge in [0.1, 0.15) is 5.52 Å². The van der Waals surface area contributed by atoms with Crippen LogP contribution in [-0.4, -0.2) is 41.6 Å². The molecule has 0 unspecified atom stereocenters. The molecule has 1 aliphatic carbocycles. The largest absolute Gasteiger partial charge is 0.426 e. The van der Waals surface area contributed by atoms with E-state index in [2.05, 4.69) is 58.3 Å². The van der Waals surface area contributed by atoms with E-state index >= 15 is 0 Å². The lowest BCUT2D eigenvalue weighted by molar-refractivity contribution is 0.0833. The predicted molar refractivity (Wildman–Crippen MR) is 142 cm³/mol. The Kier molecular flexibility index (Phi) is 6.20. The van der Waals surface area contributed by atoms with Crippen LogP contribution in [0.5, 0.6) is 0 Å². The summed E-state index contributed by atoms with van der Waals surface area (Å²) in [6.07, 6.45) is 3.81. The Morgan fingerprint density at radius 3 is 2.33 bits per heavy atom. The van der Waals surface area contributed by atoms with Crippen LogP contribution in [0.3, 0.4) is 0 Å². The van der Waals surface area contributed by atoms with Crippen molar-refractivity contribution in [1.82, 2.24) is 9.47 Å². The van der Waals surface area contributed by atoms with Crippen molar-refractivity contribution in [2.24, 2.45) is 5.92 Å². The first-order chi connectivity index (χ1) is 17.7. The van der Waals surface area contributed by atoms with Crippen molar-refractivity contribution in [3.05, 3.63) is 88.9 Å².